The molecule has 8 heteroatoms. The van der Waals surface area contributed by atoms with Crippen molar-refractivity contribution in [3.8, 4) is 0 Å². The van der Waals surface area contributed by atoms with Crippen molar-refractivity contribution >= 4 is 5.78 Å². The lowest BCUT2D eigenvalue weighted by atomic mass is 9.45. The zero-order valence-corrected chi connectivity index (χ0v) is 21.4. The minimum atomic E-state index is -1.34. The van der Waals surface area contributed by atoms with Crippen LogP contribution in [0.1, 0.15) is 72.6 Å². The number of carbonyl (C=O) groups is 1. The SMILES string of the molecule is CC([C@H](O)CCC(C)(O)CO)[C@H]1CC[C@@]2(O)C3=CC(=O)[C@@H]4C[C@@H](O)[C@H](O)C(O)[C@]4(C)C3CC[C@]12C. The van der Waals surface area contributed by atoms with E-state index in [4.69, 9.17) is 0 Å². The van der Waals surface area contributed by atoms with E-state index in [0.717, 1.165) is 0 Å². The Morgan fingerprint density at radius 2 is 1.80 bits per heavy atom. The molecule has 4 unspecified atom stereocenters. The van der Waals surface area contributed by atoms with Crippen LogP contribution in [0.5, 0.6) is 0 Å². The monoisotopic (exact) mass is 496 g/mol. The number of hydrogen-bond acceptors (Lipinski definition) is 8. The average Bonchev–Trinajstić information content (AvgIpc) is 3.09. The molecule has 0 aromatic carbocycles. The predicted octanol–water partition coefficient (Wildman–Crippen LogP) is 0.682. The van der Waals surface area contributed by atoms with Crippen LogP contribution in [0.15, 0.2) is 11.6 Å². The minimum absolute atomic E-state index is 0.0206. The third kappa shape index (κ3) is 3.87. The van der Waals surface area contributed by atoms with Crippen LogP contribution in [0.3, 0.4) is 0 Å². The Labute approximate surface area is 207 Å². The van der Waals surface area contributed by atoms with Gasteiger partial charge in [0.2, 0.25) is 0 Å². The summed E-state index contributed by atoms with van der Waals surface area (Å²) in [5.41, 5.74) is -3.45. The Hall–Kier alpha value is -0.870. The number of aliphatic hydroxyl groups excluding tert-OH is 5. The zero-order valence-electron chi connectivity index (χ0n) is 21.4. The highest BCUT2D eigenvalue weighted by Gasteiger charge is 2.68. The van der Waals surface area contributed by atoms with Gasteiger partial charge >= 0.3 is 0 Å². The molecule has 12 atom stereocenters. The topological polar surface area (TPSA) is 159 Å². The van der Waals surface area contributed by atoms with Gasteiger partial charge in [0.05, 0.1) is 36.1 Å². The van der Waals surface area contributed by atoms with Crippen molar-refractivity contribution in [1.29, 1.82) is 0 Å². The van der Waals surface area contributed by atoms with E-state index in [0.29, 0.717) is 37.7 Å². The van der Waals surface area contributed by atoms with Crippen molar-refractivity contribution < 1.29 is 40.5 Å². The molecule has 0 bridgehead atoms. The second-order valence-electron chi connectivity index (χ2n) is 12.8. The molecule has 0 radical (unpaired) electrons. The fraction of sp³-hybridized carbons (Fsp3) is 0.889. The maximum atomic E-state index is 13.3. The number of hydrogen-bond donors (Lipinski definition) is 7. The molecule has 3 saturated carbocycles. The Morgan fingerprint density at radius 1 is 1.14 bits per heavy atom. The lowest BCUT2D eigenvalue weighted by Crippen LogP contribution is -2.66. The number of aliphatic hydroxyl groups is 7. The molecule has 35 heavy (non-hydrogen) atoms. The molecule has 4 rings (SSSR count). The van der Waals surface area contributed by atoms with Crippen molar-refractivity contribution in [3.05, 3.63) is 11.6 Å². The van der Waals surface area contributed by atoms with E-state index in [2.05, 4.69) is 0 Å². The zero-order chi connectivity index (χ0) is 26.1. The maximum Gasteiger partial charge on any atom is 0.159 e. The molecular formula is C27H44O8. The molecule has 0 amide bonds. The minimum Gasteiger partial charge on any atom is -0.393 e. The molecule has 4 aliphatic carbocycles. The van der Waals surface area contributed by atoms with E-state index < -0.39 is 52.4 Å². The first-order valence-electron chi connectivity index (χ1n) is 13.2. The molecular weight excluding hydrogens is 452 g/mol. The van der Waals surface area contributed by atoms with Crippen molar-refractivity contribution in [2.75, 3.05) is 6.61 Å². The summed E-state index contributed by atoms with van der Waals surface area (Å²) >= 11 is 0. The van der Waals surface area contributed by atoms with E-state index in [9.17, 15) is 40.5 Å². The van der Waals surface area contributed by atoms with Gasteiger partial charge in [-0.3, -0.25) is 4.79 Å². The van der Waals surface area contributed by atoms with Crippen molar-refractivity contribution in [2.24, 2.45) is 34.5 Å². The Kier molecular flexibility index (Phi) is 6.88. The fourth-order valence-corrected chi connectivity index (χ4v) is 8.35. The predicted molar refractivity (Wildman–Crippen MR) is 128 cm³/mol. The fourth-order valence-electron chi connectivity index (χ4n) is 8.35. The van der Waals surface area contributed by atoms with Gasteiger partial charge in [0.15, 0.2) is 5.78 Å². The average molecular weight is 497 g/mol. The molecule has 200 valence electrons. The summed E-state index contributed by atoms with van der Waals surface area (Å²) < 4.78 is 0. The van der Waals surface area contributed by atoms with Crippen molar-refractivity contribution in [2.45, 2.75) is 108 Å². The summed E-state index contributed by atoms with van der Waals surface area (Å²) in [5.74, 6) is -1.31. The molecule has 0 aromatic rings. The van der Waals surface area contributed by atoms with E-state index in [-0.39, 0.29) is 43.0 Å². The van der Waals surface area contributed by atoms with Crippen LogP contribution in [0.2, 0.25) is 0 Å². The van der Waals surface area contributed by atoms with Gasteiger partial charge in [-0.25, -0.2) is 0 Å². The summed E-state index contributed by atoms with van der Waals surface area (Å²) in [7, 11) is 0. The van der Waals surface area contributed by atoms with Gasteiger partial charge < -0.3 is 35.7 Å². The van der Waals surface area contributed by atoms with Crippen LogP contribution in [-0.2, 0) is 4.79 Å². The van der Waals surface area contributed by atoms with Gasteiger partial charge in [-0.05, 0) is 81.3 Å². The first-order valence-corrected chi connectivity index (χ1v) is 13.2. The number of carbonyl (C=O) groups excluding carboxylic acids is 1. The van der Waals surface area contributed by atoms with E-state index in [1.807, 2.05) is 20.8 Å². The molecule has 0 aromatic heterocycles. The molecule has 0 saturated heterocycles. The lowest BCUT2D eigenvalue weighted by molar-refractivity contribution is -0.199. The van der Waals surface area contributed by atoms with Gasteiger partial charge in [-0.1, -0.05) is 20.8 Å². The Morgan fingerprint density at radius 3 is 2.43 bits per heavy atom. The van der Waals surface area contributed by atoms with Crippen LogP contribution in [0.25, 0.3) is 0 Å². The molecule has 4 aliphatic rings. The highest BCUT2D eigenvalue weighted by molar-refractivity contribution is 5.95. The van der Waals surface area contributed by atoms with Crippen LogP contribution in [-0.4, -0.2) is 83.8 Å². The summed E-state index contributed by atoms with van der Waals surface area (Å²) in [6, 6.07) is 0. The molecule has 7 N–H and O–H groups in total. The number of ketones is 1. The normalized spacial score (nSPS) is 48.8. The van der Waals surface area contributed by atoms with Gasteiger partial charge in [-0.2, -0.15) is 0 Å². The number of allylic oxidation sites excluding steroid dienone is 1. The Bertz CT molecular complexity index is 871. The van der Waals surface area contributed by atoms with Gasteiger partial charge in [0.25, 0.3) is 0 Å². The van der Waals surface area contributed by atoms with Crippen LogP contribution < -0.4 is 0 Å². The van der Waals surface area contributed by atoms with Gasteiger partial charge in [-0.15, -0.1) is 0 Å². The van der Waals surface area contributed by atoms with Crippen LogP contribution in [0.4, 0.5) is 0 Å². The largest absolute Gasteiger partial charge is 0.393 e. The van der Waals surface area contributed by atoms with Gasteiger partial charge in [0.1, 0.15) is 6.10 Å². The first kappa shape index (κ1) is 27.2. The molecule has 0 spiro atoms. The smallest absolute Gasteiger partial charge is 0.159 e. The van der Waals surface area contributed by atoms with Crippen molar-refractivity contribution in [1.82, 2.24) is 0 Å². The van der Waals surface area contributed by atoms with E-state index >= 15 is 0 Å². The second-order valence-corrected chi connectivity index (χ2v) is 12.8. The Balaban J connectivity index is 1.63. The first-order chi connectivity index (χ1) is 16.1. The van der Waals surface area contributed by atoms with Crippen molar-refractivity contribution in [3.63, 3.8) is 0 Å². The lowest BCUT2D eigenvalue weighted by Gasteiger charge is -2.61. The standard InChI is InChI=1S/C27H44O8/c1-14(19(29)7-8-24(2,34)13-28)15-6-10-27(35)17-11-20(30)18-12-21(31)22(32)23(33)26(18,4)16(17)5-9-25(15,27)3/h11,14-16,18-19,21-23,28-29,31-35H,5-10,12-13H2,1-4H3/t14?,15-,16?,18+,19-,21-,22+,23?,24?,25-,26-,27-/m1/s1. The van der Waals surface area contributed by atoms with Gasteiger partial charge in [0, 0.05) is 16.7 Å². The number of rotatable bonds is 6. The molecule has 0 heterocycles. The maximum absolute atomic E-state index is 13.3. The van der Waals surface area contributed by atoms with Crippen LogP contribution in [0, 0.1) is 34.5 Å². The molecule has 0 aliphatic heterocycles. The highest BCUT2D eigenvalue weighted by Crippen LogP contribution is 2.68. The quantitative estimate of drug-likeness (QED) is 0.283. The molecule has 3 fully saturated rings. The van der Waals surface area contributed by atoms with E-state index in [1.54, 1.807) is 6.08 Å². The third-order valence-electron chi connectivity index (χ3n) is 10.9. The second kappa shape index (κ2) is 8.86. The summed E-state index contributed by atoms with van der Waals surface area (Å²) in [4.78, 5) is 13.3. The van der Waals surface area contributed by atoms with E-state index in [1.165, 1.54) is 6.92 Å². The van der Waals surface area contributed by atoms with Crippen LogP contribution >= 0.6 is 0 Å². The highest BCUT2D eigenvalue weighted by atomic mass is 16.4. The summed E-state index contributed by atoms with van der Waals surface area (Å²) in [6.07, 6.45) is 0.118. The summed E-state index contributed by atoms with van der Waals surface area (Å²) in [6.45, 7) is 6.97. The molecule has 8 nitrogen and oxygen atoms in total. The summed E-state index contributed by atoms with van der Waals surface area (Å²) in [5, 5.41) is 74.4. The number of fused-ring (bicyclic) bond motifs is 5. The third-order valence-corrected chi connectivity index (χ3v) is 10.9.